The fraction of sp³-hybridized carbons (Fsp3) is 0.550. The minimum Gasteiger partial charge on any atom is -0.373 e. The SMILES string of the molecule is CC(C)[C@H](C(=O)NCc1nc(-c2ccccc2)no1)N1C[C@@H](C)O[C@@H](C)C1. The van der Waals surface area contributed by atoms with Gasteiger partial charge < -0.3 is 14.6 Å². The number of nitrogens with one attached hydrogen (secondary N) is 1. The van der Waals surface area contributed by atoms with E-state index in [9.17, 15) is 4.79 Å². The van der Waals surface area contributed by atoms with E-state index in [4.69, 9.17) is 9.26 Å². The first kappa shape index (κ1) is 19.5. The number of carbonyl (C=O) groups excluding carboxylic acids is 1. The predicted octanol–water partition coefficient (Wildman–Crippen LogP) is 2.49. The van der Waals surface area contributed by atoms with Crippen molar-refractivity contribution < 1.29 is 14.1 Å². The second-order valence-corrected chi connectivity index (χ2v) is 7.50. The number of benzene rings is 1. The topological polar surface area (TPSA) is 80.5 Å². The Hall–Kier alpha value is -2.25. The second kappa shape index (κ2) is 8.63. The Balaban J connectivity index is 1.62. The molecular weight excluding hydrogens is 344 g/mol. The Bertz CT molecular complexity index is 737. The van der Waals surface area contributed by atoms with Crippen LogP contribution in [0.15, 0.2) is 34.9 Å². The minimum absolute atomic E-state index is 0.0224. The predicted molar refractivity (Wildman–Crippen MR) is 102 cm³/mol. The van der Waals surface area contributed by atoms with Crippen molar-refractivity contribution in [2.24, 2.45) is 5.92 Å². The lowest BCUT2D eigenvalue weighted by Gasteiger charge is -2.40. The van der Waals surface area contributed by atoms with Crippen molar-refractivity contribution in [2.45, 2.75) is 52.5 Å². The molecule has 3 rings (SSSR count). The molecule has 0 saturated carbocycles. The molecule has 3 atom stereocenters. The van der Waals surface area contributed by atoms with Crippen LogP contribution < -0.4 is 5.32 Å². The summed E-state index contributed by atoms with van der Waals surface area (Å²) < 4.78 is 11.1. The average molecular weight is 372 g/mol. The highest BCUT2D eigenvalue weighted by atomic mass is 16.5. The van der Waals surface area contributed by atoms with Crippen LogP contribution in [0.25, 0.3) is 11.4 Å². The van der Waals surface area contributed by atoms with E-state index in [2.05, 4.69) is 34.2 Å². The fourth-order valence-corrected chi connectivity index (χ4v) is 3.63. The monoisotopic (exact) mass is 372 g/mol. The van der Waals surface area contributed by atoms with E-state index < -0.39 is 0 Å². The van der Waals surface area contributed by atoms with E-state index in [-0.39, 0.29) is 36.6 Å². The smallest absolute Gasteiger partial charge is 0.246 e. The van der Waals surface area contributed by atoms with Crippen LogP contribution >= 0.6 is 0 Å². The third kappa shape index (κ3) is 4.93. The highest BCUT2D eigenvalue weighted by molar-refractivity contribution is 5.82. The van der Waals surface area contributed by atoms with Crippen LogP contribution in [0.4, 0.5) is 0 Å². The molecular formula is C20H28N4O3. The van der Waals surface area contributed by atoms with Gasteiger partial charge in [0.05, 0.1) is 24.8 Å². The van der Waals surface area contributed by atoms with Crippen molar-refractivity contribution in [1.29, 1.82) is 0 Å². The van der Waals surface area contributed by atoms with E-state index in [0.717, 1.165) is 18.7 Å². The summed E-state index contributed by atoms with van der Waals surface area (Å²) in [5, 5.41) is 6.94. The number of hydrogen-bond donors (Lipinski definition) is 1. The van der Waals surface area contributed by atoms with E-state index in [1.807, 2.05) is 44.2 Å². The van der Waals surface area contributed by atoms with Crippen LogP contribution in [0.1, 0.15) is 33.6 Å². The largest absolute Gasteiger partial charge is 0.373 e. The molecule has 7 nitrogen and oxygen atoms in total. The molecule has 1 saturated heterocycles. The number of aromatic nitrogens is 2. The van der Waals surface area contributed by atoms with E-state index in [0.29, 0.717) is 11.7 Å². The highest BCUT2D eigenvalue weighted by Gasteiger charge is 2.34. The summed E-state index contributed by atoms with van der Waals surface area (Å²) >= 11 is 0. The van der Waals surface area contributed by atoms with Gasteiger partial charge in [-0.15, -0.1) is 0 Å². The van der Waals surface area contributed by atoms with Gasteiger partial charge in [0.25, 0.3) is 0 Å². The first-order valence-electron chi connectivity index (χ1n) is 9.49. The third-order valence-electron chi connectivity index (χ3n) is 4.66. The van der Waals surface area contributed by atoms with Crippen molar-refractivity contribution in [3.05, 3.63) is 36.2 Å². The number of rotatable bonds is 6. The number of carbonyl (C=O) groups is 1. The number of morpholine rings is 1. The van der Waals surface area contributed by atoms with Crippen molar-refractivity contribution in [2.75, 3.05) is 13.1 Å². The van der Waals surface area contributed by atoms with Gasteiger partial charge >= 0.3 is 0 Å². The van der Waals surface area contributed by atoms with Crippen molar-refractivity contribution in [3.63, 3.8) is 0 Å². The van der Waals surface area contributed by atoms with E-state index in [1.165, 1.54) is 0 Å². The maximum atomic E-state index is 12.9. The molecule has 1 fully saturated rings. The summed E-state index contributed by atoms with van der Waals surface area (Å²) in [5.74, 6) is 1.08. The molecule has 1 aromatic heterocycles. The minimum atomic E-state index is -0.213. The Morgan fingerprint density at radius 3 is 2.52 bits per heavy atom. The number of ether oxygens (including phenoxy) is 1. The van der Waals surface area contributed by atoms with Gasteiger partial charge in [-0.05, 0) is 19.8 Å². The van der Waals surface area contributed by atoms with Crippen LogP contribution in [0.3, 0.4) is 0 Å². The zero-order valence-corrected chi connectivity index (χ0v) is 16.4. The van der Waals surface area contributed by atoms with Gasteiger partial charge in [-0.1, -0.05) is 49.3 Å². The molecule has 2 aromatic rings. The van der Waals surface area contributed by atoms with Crippen molar-refractivity contribution >= 4 is 5.91 Å². The van der Waals surface area contributed by atoms with Crippen LogP contribution in [-0.4, -0.2) is 52.3 Å². The summed E-state index contributed by atoms with van der Waals surface area (Å²) in [7, 11) is 0. The van der Waals surface area contributed by atoms with Gasteiger partial charge in [-0.3, -0.25) is 9.69 Å². The van der Waals surface area contributed by atoms with Gasteiger partial charge in [0, 0.05) is 18.7 Å². The maximum absolute atomic E-state index is 12.9. The fourth-order valence-electron chi connectivity index (χ4n) is 3.63. The zero-order chi connectivity index (χ0) is 19.4. The number of amides is 1. The van der Waals surface area contributed by atoms with Gasteiger partial charge in [0.1, 0.15) is 0 Å². The number of hydrogen-bond acceptors (Lipinski definition) is 6. The molecule has 7 heteroatoms. The molecule has 1 aliphatic rings. The zero-order valence-electron chi connectivity index (χ0n) is 16.4. The normalized spacial score (nSPS) is 22.0. The molecule has 1 N–H and O–H groups in total. The molecule has 0 bridgehead atoms. The molecule has 0 unspecified atom stereocenters. The van der Waals surface area contributed by atoms with Gasteiger partial charge in [-0.25, -0.2) is 0 Å². The maximum Gasteiger partial charge on any atom is 0.246 e. The second-order valence-electron chi connectivity index (χ2n) is 7.50. The molecule has 146 valence electrons. The summed E-state index contributed by atoms with van der Waals surface area (Å²) in [6, 6.07) is 9.40. The molecule has 27 heavy (non-hydrogen) atoms. The van der Waals surface area contributed by atoms with Gasteiger partial charge in [0.2, 0.25) is 17.6 Å². The third-order valence-corrected chi connectivity index (χ3v) is 4.66. The Morgan fingerprint density at radius 1 is 1.22 bits per heavy atom. The molecule has 1 amide bonds. The van der Waals surface area contributed by atoms with Crippen LogP contribution in [0, 0.1) is 5.92 Å². The molecule has 0 spiro atoms. The van der Waals surface area contributed by atoms with Gasteiger partial charge in [-0.2, -0.15) is 4.98 Å². The lowest BCUT2D eigenvalue weighted by molar-refractivity contribution is -0.135. The molecule has 0 aliphatic carbocycles. The van der Waals surface area contributed by atoms with Crippen LogP contribution in [0.2, 0.25) is 0 Å². The summed E-state index contributed by atoms with van der Waals surface area (Å²) in [6.45, 7) is 9.93. The molecule has 1 aliphatic heterocycles. The average Bonchev–Trinajstić information content (AvgIpc) is 3.09. The molecule has 1 aromatic carbocycles. The van der Waals surface area contributed by atoms with E-state index in [1.54, 1.807) is 0 Å². The summed E-state index contributed by atoms with van der Waals surface area (Å²) in [4.78, 5) is 19.4. The van der Waals surface area contributed by atoms with Crippen molar-refractivity contribution in [1.82, 2.24) is 20.4 Å². The first-order chi connectivity index (χ1) is 12.9. The van der Waals surface area contributed by atoms with Crippen molar-refractivity contribution in [3.8, 4) is 11.4 Å². The van der Waals surface area contributed by atoms with Gasteiger partial charge in [0.15, 0.2) is 0 Å². The molecule has 0 radical (unpaired) electrons. The van der Waals surface area contributed by atoms with Crippen LogP contribution in [0.5, 0.6) is 0 Å². The Labute approximate surface area is 160 Å². The standard InChI is InChI=1S/C20H28N4O3/c1-13(2)18(24-11-14(3)26-15(4)12-24)20(25)21-10-17-22-19(23-27-17)16-8-6-5-7-9-16/h5-9,13-15,18H,10-12H2,1-4H3,(H,21,25)/t14-,15+,18-/m1/s1. The number of nitrogens with zero attached hydrogens (tertiary/aromatic N) is 3. The Kier molecular flexibility index (Phi) is 6.23. The highest BCUT2D eigenvalue weighted by Crippen LogP contribution is 2.19. The first-order valence-corrected chi connectivity index (χ1v) is 9.49. The van der Waals surface area contributed by atoms with E-state index >= 15 is 0 Å². The lowest BCUT2D eigenvalue weighted by Crippen LogP contribution is -2.56. The quantitative estimate of drug-likeness (QED) is 0.839. The lowest BCUT2D eigenvalue weighted by atomic mass is 9.99. The summed E-state index contributed by atoms with van der Waals surface area (Å²) in [5.41, 5.74) is 0.884. The Morgan fingerprint density at radius 2 is 1.89 bits per heavy atom. The van der Waals surface area contributed by atoms with Crippen LogP contribution in [-0.2, 0) is 16.1 Å². The molecule has 2 heterocycles. The summed E-state index contributed by atoms with van der Waals surface area (Å²) in [6.07, 6.45) is 0.236.